The highest BCUT2D eigenvalue weighted by molar-refractivity contribution is 7.98. The van der Waals surface area contributed by atoms with Crippen LogP contribution in [0.1, 0.15) is 57.6 Å². The summed E-state index contributed by atoms with van der Waals surface area (Å²) in [6, 6.07) is 39.8. The van der Waals surface area contributed by atoms with E-state index >= 15 is 0 Å². The van der Waals surface area contributed by atoms with Crippen LogP contribution in [0, 0.1) is 0 Å². The number of hydrogen-bond acceptors (Lipinski definition) is 1. The Morgan fingerprint density at radius 2 is 0.943 bits per heavy atom. The van der Waals surface area contributed by atoms with Gasteiger partial charge in [-0.15, -0.1) is 0 Å². The molecular weight excluding hydrogens is 441 g/mol. The van der Waals surface area contributed by atoms with Crippen molar-refractivity contribution in [2.75, 3.05) is 5.32 Å². The molecule has 0 atom stereocenters. The van der Waals surface area contributed by atoms with Gasteiger partial charge in [0.15, 0.2) is 0 Å². The van der Waals surface area contributed by atoms with Crippen LogP contribution in [0.4, 0.5) is 5.69 Å². The number of benzene rings is 4. The summed E-state index contributed by atoms with van der Waals surface area (Å²) in [6.45, 7) is 11.3. The molecule has 4 aromatic rings. The maximum Gasteiger partial charge on any atom is 0.138 e. The van der Waals surface area contributed by atoms with Gasteiger partial charge in [0.05, 0.1) is 5.82 Å². The molecule has 0 aliphatic carbocycles. The third-order valence-corrected chi connectivity index (χ3v) is 10.7. The summed E-state index contributed by atoms with van der Waals surface area (Å²) in [5.41, 5.74) is 5.18. The maximum atomic E-state index is 3.90. The van der Waals surface area contributed by atoms with Gasteiger partial charge in [0.2, 0.25) is 0 Å². The van der Waals surface area contributed by atoms with Crippen molar-refractivity contribution >= 4 is 28.9 Å². The first-order chi connectivity index (χ1) is 16.9. The Morgan fingerprint density at radius 1 is 0.571 bits per heavy atom. The smallest absolute Gasteiger partial charge is 0.138 e. The van der Waals surface area contributed by atoms with E-state index in [0.717, 1.165) is 0 Å². The van der Waals surface area contributed by atoms with E-state index in [2.05, 4.69) is 155 Å². The van der Waals surface area contributed by atoms with Gasteiger partial charge in [-0.05, 0) is 66.3 Å². The van der Waals surface area contributed by atoms with Gasteiger partial charge in [-0.25, -0.2) is 0 Å². The second kappa shape index (κ2) is 11.1. The van der Waals surface area contributed by atoms with Crippen molar-refractivity contribution in [2.24, 2.45) is 0 Å². The van der Waals surface area contributed by atoms with Crippen LogP contribution in [-0.4, -0.2) is 0 Å². The number of nitrogens with one attached hydrogen (secondary N) is 1. The second-order valence-electron chi connectivity index (χ2n) is 9.79. The Morgan fingerprint density at radius 3 is 1.29 bits per heavy atom. The Hall–Kier alpha value is -3.15. The number of para-hydroxylation sites is 1. The Balaban J connectivity index is 1.95. The molecule has 0 spiro atoms. The minimum Gasteiger partial charge on any atom is -0.356 e. The third kappa shape index (κ3) is 5.26. The molecule has 0 aromatic heterocycles. The van der Waals surface area contributed by atoms with Crippen molar-refractivity contribution in [3.63, 3.8) is 0 Å². The molecule has 0 fully saturated rings. The molecule has 0 unspecified atom stereocenters. The van der Waals surface area contributed by atoms with E-state index in [9.17, 15) is 0 Å². The minimum atomic E-state index is -2.05. The van der Waals surface area contributed by atoms with E-state index in [-0.39, 0.29) is 0 Å². The summed E-state index contributed by atoms with van der Waals surface area (Å²) in [7, 11) is -2.05. The molecule has 4 rings (SSSR count). The molecular formula is C33H37NP+. The Bertz CT molecular complexity index is 1140. The largest absolute Gasteiger partial charge is 0.356 e. The Labute approximate surface area is 212 Å². The fraction of sp³-hybridized carbons (Fsp3) is 0.212. The molecule has 0 heterocycles. The quantitative estimate of drug-likeness (QED) is 0.252. The molecule has 0 aliphatic rings. The van der Waals surface area contributed by atoms with Crippen molar-refractivity contribution in [1.82, 2.24) is 0 Å². The zero-order valence-corrected chi connectivity index (χ0v) is 22.5. The summed E-state index contributed by atoms with van der Waals surface area (Å²) in [6.07, 6.45) is 0. The molecule has 2 heteroatoms. The van der Waals surface area contributed by atoms with Crippen LogP contribution in [0.5, 0.6) is 0 Å². The van der Waals surface area contributed by atoms with Gasteiger partial charge in [0, 0.05) is 11.4 Å². The average molecular weight is 479 g/mol. The van der Waals surface area contributed by atoms with Crippen LogP contribution in [0.2, 0.25) is 0 Å². The highest BCUT2D eigenvalue weighted by Gasteiger charge is 2.44. The van der Waals surface area contributed by atoms with Crippen LogP contribution >= 0.6 is 7.26 Å². The van der Waals surface area contributed by atoms with Gasteiger partial charge >= 0.3 is 0 Å². The van der Waals surface area contributed by atoms with E-state index in [4.69, 9.17) is 0 Å². The molecule has 4 aromatic carbocycles. The molecule has 1 N–H and O–H groups in total. The molecule has 1 nitrogen and oxygen atoms in total. The maximum absolute atomic E-state index is 3.90. The molecule has 0 saturated carbocycles. The first-order valence-electron chi connectivity index (χ1n) is 12.6. The van der Waals surface area contributed by atoms with Crippen molar-refractivity contribution in [3.05, 3.63) is 132 Å². The van der Waals surface area contributed by atoms with Gasteiger partial charge in [0.25, 0.3) is 0 Å². The van der Waals surface area contributed by atoms with Crippen LogP contribution < -0.4 is 21.2 Å². The van der Waals surface area contributed by atoms with Gasteiger partial charge in [-0.3, -0.25) is 0 Å². The standard InChI is InChI=1S/C33H37NP/c1-25(2)31-22-15-23-32(26(3)4)33(31)34-27(5)24-35(28-16-9-6-10-17-28,29-18-11-7-12-19-29)30-20-13-8-14-21-30/h6-26,34H,1-5H3/q+1/b27-24-. The molecule has 0 saturated heterocycles. The highest BCUT2D eigenvalue weighted by Crippen LogP contribution is 2.57. The van der Waals surface area contributed by atoms with Crippen LogP contribution in [0.25, 0.3) is 0 Å². The zero-order valence-electron chi connectivity index (χ0n) is 21.6. The number of hydrogen-bond donors (Lipinski definition) is 1. The normalized spacial score (nSPS) is 12.3. The highest BCUT2D eigenvalue weighted by atomic mass is 31.2. The van der Waals surface area contributed by atoms with Gasteiger partial charge < -0.3 is 5.32 Å². The predicted molar refractivity (Wildman–Crippen MR) is 157 cm³/mol. The number of anilines is 1. The lowest BCUT2D eigenvalue weighted by Crippen LogP contribution is -2.30. The van der Waals surface area contributed by atoms with Gasteiger partial charge in [-0.1, -0.05) is 100 Å². The van der Waals surface area contributed by atoms with Gasteiger partial charge in [0.1, 0.15) is 23.2 Å². The van der Waals surface area contributed by atoms with Gasteiger partial charge in [-0.2, -0.15) is 0 Å². The average Bonchev–Trinajstić information content (AvgIpc) is 2.88. The molecule has 0 radical (unpaired) electrons. The zero-order chi connectivity index (χ0) is 24.8. The van der Waals surface area contributed by atoms with Crippen molar-refractivity contribution in [1.29, 1.82) is 0 Å². The topological polar surface area (TPSA) is 12.0 Å². The van der Waals surface area contributed by atoms with Crippen molar-refractivity contribution in [2.45, 2.75) is 46.5 Å². The fourth-order valence-corrected chi connectivity index (χ4v) is 8.79. The van der Waals surface area contributed by atoms with Crippen molar-refractivity contribution in [3.8, 4) is 0 Å². The lowest BCUT2D eigenvalue weighted by Gasteiger charge is -2.26. The summed E-state index contributed by atoms with van der Waals surface area (Å²) < 4.78 is 0. The number of allylic oxidation sites excluding steroid dienone is 1. The summed E-state index contributed by atoms with van der Waals surface area (Å²) in [5, 5.41) is 7.98. The van der Waals surface area contributed by atoms with E-state index in [1.165, 1.54) is 38.4 Å². The predicted octanol–water partition coefficient (Wildman–Crippen LogP) is 8.20. The van der Waals surface area contributed by atoms with Crippen LogP contribution in [-0.2, 0) is 0 Å². The molecule has 0 amide bonds. The van der Waals surface area contributed by atoms with E-state index in [1.807, 2.05) is 0 Å². The van der Waals surface area contributed by atoms with E-state index < -0.39 is 7.26 Å². The second-order valence-corrected chi connectivity index (χ2v) is 13.0. The van der Waals surface area contributed by atoms with E-state index in [1.54, 1.807) is 0 Å². The van der Waals surface area contributed by atoms with Crippen LogP contribution in [0.15, 0.2) is 121 Å². The minimum absolute atomic E-state index is 0.445. The van der Waals surface area contributed by atoms with E-state index in [0.29, 0.717) is 11.8 Å². The van der Waals surface area contributed by atoms with Crippen molar-refractivity contribution < 1.29 is 0 Å². The molecule has 0 aliphatic heterocycles. The monoisotopic (exact) mass is 478 g/mol. The number of rotatable bonds is 8. The molecule has 178 valence electrons. The lowest BCUT2D eigenvalue weighted by molar-refractivity contribution is 0.837. The lowest BCUT2D eigenvalue weighted by atomic mass is 9.92. The summed E-state index contributed by atoms with van der Waals surface area (Å²) in [5.74, 6) is 3.41. The SMILES string of the molecule is C/C(=C/[P+](c1ccccc1)(c1ccccc1)c1ccccc1)Nc1c(C(C)C)cccc1C(C)C. The Kier molecular flexibility index (Phi) is 7.89. The third-order valence-electron chi connectivity index (χ3n) is 6.57. The fourth-order valence-electron chi connectivity index (χ4n) is 4.88. The summed E-state index contributed by atoms with van der Waals surface area (Å²) >= 11 is 0. The first-order valence-corrected chi connectivity index (χ1v) is 14.4. The summed E-state index contributed by atoms with van der Waals surface area (Å²) in [4.78, 5) is 0. The molecule has 0 bridgehead atoms. The molecule has 35 heavy (non-hydrogen) atoms. The van der Waals surface area contributed by atoms with Crippen LogP contribution in [0.3, 0.4) is 0 Å². The first kappa shape index (κ1) is 25.0.